The van der Waals surface area contributed by atoms with Gasteiger partial charge in [0.05, 0.1) is 45.7 Å². The van der Waals surface area contributed by atoms with Crippen LogP contribution in [0.5, 0.6) is 0 Å². The van der Waals surface area contributed by atoms with Gasteiger partial charge in [0, 0.05) is 39.0 Å². The van der Waals surface area contributed by atoms with Crippen molar-refractivity contribution in [3.05, 3.63) is 193 Å². The van der Waals surface area contributed by atoms with Gasteiger partial charge < -0.3 is 14.5 Å². The van der Waals surface area contributed by atoms with E-state index in [1.165, 1.54) is 38.1 Å². The zero-order chi connectivity index (χ0) is 33.0. The average molecular weight is 642 g/mol. The molecule has 0 radical (unpaired) electrons. The number of aliphatic imine (C=N–C) groups is 1. The second-order valence-corrected chi connectivity index (χ2v) is 12.8. The predicted molar refractivity (Wildman–Crippen MR) is 206 cm³/mol. The zero-order valence-electron chi connectivity index (χ0n) is 27.1. The number of aromatic nitrogens is 3. The Balaban J connectivity index is 1.18. The van der Waals surface area contributed by atoms with E-state index in [-0.39, 0.29) is 6.04 Å². The Hall–Kier alpha value is -6.72. The Morgan fingerprint density at radius 2 is 1.04 bits per heavy atom. The van der Waals surface area contributed by atoms with Crippen molar-refractivity contribution in [2.75, 3.05) is 0 Å². The number of amidine groups is 1. The van der Waals surface area contributed by atoms with E-state index in [0.717, 1.165) is 45.1 Å². The molecule has 0 bridgehead atoms. The zero-order valence-corrected chi connectivity index (χ0v) is 27.1. The molecule has 50 heavy (non-hydrogen) atoms. The van der Waals surface area contributed by atoms with E-state index < -0.39 is 0 Å². The highest BCUT2D eigenvalue weighted by Gasteiger charge is 2.22. The third kappa shape index (κ3) is 4.55. The van der Waals surface area contributed by atoms with Gasteiger partial charge in [-0.05, 0) is 59.7 Å². The number of pyridine rings is 1. The highest BCUT2D eigenvalue weighted by Crippen LogP contribution is 2.39. The monoisotopic (exact) mass is 641 g/mol. The fraction of sp³-hybridized carbons (Fsp3) is 0.0222. The predicted octanol–water partition coefficient (Wildman–Crippen LogP) is 10.4. The fourth-order valence-corrected chi connectivity index (χ4v) is 7.54. The minimum atomic E-state index is -0.0380. The number of nitrogens with zero attached hydrogens (tertiary/aromatic N) is 4. The van der Waals surface area contributed by atoms with E-state index in [1.54, 1.807) is 0 Å². The van der Waals surface area contributed by atoms with Gasteiger partial charge in [0.25, 0.3) is 0 Å². The van der Waals surface area contributed by atoms with Crippen LogP contribution in [-0.4, -0.2) is 20.0 Å². The number of rotatable bonds is 5. The fourth-order valence-electron chi connectivity index (χ4n) is 7.54. The Bertz CT molecular complexity index is 2770. The standard InChI is InChI=1S/C45H31N5/c1-4-14-30(15-5-1)39-26-40(31-16-6-2-7-17-31)48-45(47-39)32-24-34(29-46-28-32)50-42-23-13-11-21-36(42)38-25-37-35-20-10-12-22-41(35)49(43(37)27-44(38)50)33-18-8-3-9-19-33/h1-29,39H,(H,47,48). The van der Waals surface area contributed by atoms with Crippen molar-refractivity contribution in [2.45, 2.75) is 6.04 Å². The van der Waals surface area contributed by atoms with Crippen LogP contribution in [0, 0.1) is 0 Å². The van der Waals surface area contributed by atoms with E-state index in [0.29, 0.717) is 0 Å². The molecule has 4 heterocycles. The number of nitrogens with one attached hydrogen (secondary N) is 1. The van der Waals surface area contributed by atoms with Gasteiger partial charge in [-0.25, -0.2) is 4.99 Å². The van der Waals surface area contributed by atoms with Gasteiger partial charge in [0.15, 0.2) is 0 Å². The first-order chi connectivity index (χ1) is 24.8. The Kier molecular flexibility index (Phi) is 6.49. The number of fused-ring (bicyclic) bond motifs is 6. The maximum Gasteiger partial charge on any atom is 0.136 e. The van der Waals surface area contributed by atoms with Crippen molar-refractivity contribution < 1.29 is 0 Å². The molecule has 10 rings (SSSR count). The molecule has 0 aliphatic carbocycles. The van der Waals surface area contributed by atoms with Crippen molar-refractivity contribution in [3.8, 4) is 11.4 Å². The van der Waals surface area contributed by atoms with Crippen LogP contribution in [0.15, 0.2) is 181 Å². The summed E-state index contributed by atoms with van der Waals surface area (Å²) >= 11 is 0. The van der Waals surface area contributed by atoms with Crippen molar-refractivity contribution in [1.82, 2.24) is 19.4 Å². The summed E-state index contributed by atoms with van der Waals surface area (Å²) in [5, 5.41) is 8.61. The van der Waals surface area contributed by atoms with Crippen LogP contribution in [0.3, 0.4) is 0 Å². The molecule has 0 amide bonds. The summed E-state index contributed by atoms with van der Waals surface area (Å²) in [6.07, 6.45) is 6.07. The smallest absolute Gasteiger partial charge is 0.136 e. The number of para-hydroxylation sites is 3. The molecule has 0 saturated heterocycles. The number of hydrogen-bond donors (Lipinski definition) is 1. The molecule has 1 unspecified atom stereocenters. The Labute approximate surface area is 289 Å². The molecule has 1 aliphatic rings. The van der Waals surface area contributed by atoms with Crippen LogP contribution >= 0.6 is 0 Å². The van der Waals surface area contributed by atoms with Crippen LogP contribution in [0.25, 0.3) is 60.7 Å². The molecule has 9 aromatic rings. The molecule has 6 aromatic carbocycles. The quantitative estimate of drug-likeness (QED) is 0.203. The Morgan fingerprint density at radius 3 is 1.72 bits per heavy atom. The van der Waals surface area contributed by atoms with Crippen LogP contribution < -0.4 is 5.32 Å². The molecule has 0 fully saturated rings. The topological polar surface area (TPSA) is 47.1 Å². The van der Waals surface area contributed by atoms with Crippen LogP contribution in [0.2, 0.25) is 0 Å². The summed E-state index contributed by atoms with van der Waals surface area (Å²) in [4.78, 5) is 9.99. The van der Waals surface area contributed by atoms with Crippen molar-refractivity contribution >= 4 is 55.1 Å². The molecule has 1 atom stereocenters. The van der Waals surface area contributed by atoms with Gasteiger partial charge in [-0.1, -0.05) is 115 Å². The SMILES string of the molecule is C1=C(c2ccccc2)N=C(c2cncc(-n3c4ccccc4c4cc5c6ccccc6n(-c6ccccc6)c5cc43)c2)NC1c1ccccc1. The van der Waals surface area contributed by atoms with Crippen LogP contribution in [-0.2, 0) is 0 Å². The largest absolute Gasteiger partial charge is 0.359 e. The molecular formula is C45H31N5. The highest BCUT2D eigenvalue weighted by atomic mass is 15.1. The van der Waals surface area contributed by atoms with Crippen molar-refractivity contribution in [2.24, 2.45) is 4.99 Å². The summed E-state index contributed by atoms with van der Waals surface area (Å²) in [6.45, 7) is 0. The summed E-state index contributed by atoms with van der Waals surface area (Å²) in [5.41, 5.74) is 10.9. The minimum Gasteiger partial charge on any atom is -0.359 e. The average Bonchev–Trinajstić information content (AvgIpc) is 3.70. The molecule has 1 N–H and O–H groups in total. The van der Waals surface area contributed by atoms with Crippen LogP contribution in [0.1, 0.15) is 22.7 Å². The molecule has 3 aromatic heterocycles. The molecule has 1 aliphatic heterocycles. The lowest BCUT2D eigenvalue weighted by molar-refractivity contribution is 0.780. The second-order valence-electron chi connectivity index (χ2n) is 12.8. The van der Waals surface area contributed by atoms with Gasteiger partial charge in [-0.2, -0.15) is 0 Å². The summed E-state index contributed by atoms with van der Waals surface area (Å²) in [7, 11) is 0. The first-order valence-electron chi connectivity index (χ1n) is 17.0. The van der Waals surface area contributed by atoms with Gasteiger partial charge in [-0.15, -0.1) is 0 Å². The first-order valence-corrected chi connectivity index (χ1v) is 17.0. The molecule has 0 saturated carbocycles. The lowest BCUT2D eigenvalue weighted by Gasteiger charge is -2.24. The number of hydrogen-bond acceptors (Lipinski definition) is 3. The molecule has 0 spiro atoms. The third-order valence-corrected chi connectivity index (χ3v) is 9.81. The van der Waals surface area contributed by atoms with E-state index in [9.17, 15) is 0 Å². The van der Waals surface area contributed by atoms with Crippen molar-refractivity contribution in [1.29, 1.82) is 0 Å². The lowest BCUT2D eigenvalue weighted by atomic mass is 10.0. The first kappa shape index (κ1) is 28.3. The van der Waals surface area contributed by atoms with E-state index >= 15 is 0 Å². The molecule has 5 nitrogen and oxygen atoms in total. The Morgan fingerprint density at radius 1 is 0.460 bits per heavy atom. The minimum absolute atomic E-state index is 0.0380. The van der Waals surface area contributed by atoms with Gasteiger partial charge in [-0.3, -0.25) is 4.98 Å². The molecule has 236 valence electrons. The lowest BCUT2D eigenvalue weighted by Crippen LogP contribution is -2.31. The summed E-state index contributed by atoms with van der Waals surface area (Å²) in [5.74, 6) is 0.793. The van der Waals surface area contributed by atoms with Gasteiger partial charge in [0.2, 0.25) is 0 Å². The van der Waals surface area contributed by atoms with E-state index in [2.05, 4.69) is 172 Å². The van der Waals surface area contributed by atoms with Crippen molar-refractivity contribution in [3.63, 3.8) is 0 Å². The van der Waals surface area contributed by atoms with Gasteiger partial charge >= 0.3 is 0 Å². The molecule has 5 heteroatoms. The van der Waals surface area contributed by atoms with Gasteiger partial charge in [0.1, 0.15) is 5.84 Å². The maximum absolute atomic E-state index is 5.17. The summed E-state index contributed by atoms with van der Waals surface area (Å²) in [6, 6.07) is 55.8. The van der Waals surface area contributed by atoms with E-state index in [1.807, 2.05) is 18.5 Å². The number of benzene rings is 6. The third-order valence-electron chi connectivity index (χ3n) is 9.81. The normalized spacial score (nSPS) is 14.6. The highest BCUT2D eigenvalue weighted by molar-refractivity contribution is 6.19. The second kappa shape index (κ2) is 11.5. The summed E-state index contributed by atoms with van der Waals surface area (Å²) < 4.78 is 4.72. The van der Waals surface area contributed by atoms with E-state index in [4.69, 9.17) is 9.98 Å². The maximum atomic E-state index is 5.17. The van der Waals surface area contributed by atoms with Crippen LogP contribution in [0.4, 0.5) is 0 Å². The molecular weight excluding hydrogens is 611 g/mol.